The molecule has 1 aliphatic rings. The number of rotatable bonds is 4. The van der Waals surface area contributed by atoms with E-state index in [9.17, 15) is 14.0 Å². The molecule has 1 saturated heterocycles. The van der Waals surface area contributed by atoms with E-state index in [2.05, 4.69) is 5.32 Å². The van der Waals surface area contributed by atoms with E-state index in [1.54, 1.807) is 4.90 Å². The van der Waals surface area contributed by atoms with Crippen molar-refractivity contribution in [2.45, 2.75) is 13.8 Å². The Bertz CT molecular complexity index is 875. The van der Waals surface area contributed by atoms with Crippen molar-refractivity contribution >= 4 is 29.1 Å². The number of anilines is 1. The zero-order chi connectivity index (χ0) is 20.3. The third kappa shape index (κ3) is 4.69. The minimum absolute atomic E-state index is 0.0191. The van der Waals surface area contributed by atoms with Crippen LogP contribution in [0, 0.1) is 19.7 Å². The van der Waals surface area contributed by atoms with E-state index >= 15 is 0 Å². The molecule has 1 aliphatic heterocycles. The molecule has 2 aromatic carbocycles. The highest BCUT2D eigenvalue weighted by atomic mass is 35.5. The molecule has 0 atom stereocenters. The number of piperazine rings is 1. The quantitative estimate of drug-likeness (QED) is 0.850. The van der Waals surface area contributed by atoms with E-state index in [0.717, 1.165) is 22.9 Å². The van der Waals surface area contributed by atoms with Gasteiger partial charge < -0.3 is 10.2 Å². The Kier molecular flexibility index (Phi) is 6.31. The zero-order valence-electron chi connectivity index (χ0n) is 16.0. The van der Waals surface area contributed by atoms with Gasteiger partial charge in [0.2, 0.25) is 5.91 Å². The van der Waals surface area contributed by atoms with Gasteiger partial charge in [0.05, 0.1) is 12.1 Å². The van der Waals surface area contributed by atoms with Crippen molar-refractivity contribution in [3.8, 4) is 0 Å². The first-order chi connectivity index (χ1) is 13.3. The number of nitrogens with zero attached hydrogens (tertiary/aromatic N) is 2. The zero-order valence-corrected chi connectivity index (χ0v) is 16.7. The van der Waals surface area contributed by atoms with Crippen LogP contribution in [0.4, 0.5) is 10.1 Å². The summed E-state index contributed by atoms with van der Waals surface area (Å²) in [5, 5.41) is 3.23. The number of nitrogens with one attached hydrogen (secondary N) is 1. The summed E-state index contributed by atoms with van der Waals surface area (Å²) in [6.45, 7) is 6.17. The summed E-state index contributed by atoms with van der Waals surface area (Å²) in [6.07, 6.45) is 0. The molecule has 0 aromatic heterocycles. The van der Waals surface area contributed by atoms with Crippen molar-refractivity contribution in [1.82, 2.24) is 9.80 Å². The molecule has 148 valence electrons. The molecule has 0 unspecified atom stereocenters. The van der Waals surface area contributed by atoms with Gasteiger partial charge in [0.15, 0.2) is 0 Å². The maximum absolute atomic E-state index is 14.0. The molecule has 0 spiro atoms. The first kappa shape index (κ1) is 20.3. The molecule has 3 rings (SSSR count). The summed E-state index contributed by atoms with van der Waals surface area (Å²) in [7, 11) is 0. The highest BCUT2D eigenvalue weighted by molar-refractivity contribution is 6.30. The van der Waals surface area contributed by atoms with Gasteiger partial charge in [-0.2, -0.15) is 0 Å². The monoisotopic (exact) mass is 403 g/mol. The van der Waals surface area contributed by atoms with Crippen LogP contribution >= 0.6 is 11.6 Å². The van der Waals surface area contributed by atoms with Crippen LogP contribution in [0.2, 0.25) is 5.02 Å². The van der Waals surface area contributed by atoms with E-state index < -0.39 is 5.82 Å². The van der Waals surface area contributed by atoms with Gasteiger partial charge in [-0.15, -0.1) is 0 Å². The number of benzene rings is 2. The van der Waals surface area contributed by atoms with Gasteiger partial charge in [0.1, 0.15) is 5.82 Å². The molecule has 28 heavy (non-hydrogen) atoms. The average molecular weight is 404 g/mol. The Morgan fingerprint density at radius 3 is 2.32 bits per heavy atom. The lowest BCUT2D eigenvalue weighted by molar-refractivity contribution is -0.117. The summed E-state index contributed by atoms with van der Waals surface area (Å²) >= 11 is 5.74. The molecule has 1 heterocycles. The van der Waals surface area contributed by atoms with E-state index in [4.69, 9.17) is 11.6 Å². The third-order valence-electron chi connectivity index (χ3n) is 4.93. The van der Waals surface area contributed by atoms with Crippen molar-refractivity contribution in [1.29, 1.82) is 0 Å². The lowest BCUT2D eigenvalue weighted by Crippen LogP contribution is -2.50. The van der Waals surface area contributed by atoms with Crippen LogP contribution < -0.4 is 5.32 Å². The molecule has 5 nitrogen and oxygen atoms in total. The second kappa shape index (κ2) is 8.71. The standard InChI is InChI=1S/C21H23ClFN3O2/c1-14-4-3-5-15(2)20(14)24-19(27)13-25-8-10-26(11-9-25)21(28)17-7-6-16(22)12-18(17)23/h3-7,12H,8-11,13H2,1-2H3,(H,24,27). The summed E-state index contributed by atoms with van der Waals surface area (Å²) < 4.78 is 14.0. The normalized spacial score (nSPS) is 14.8. The Morgan fingerprint density at radius 1 is 1.07 bits per heavy atom. The second-order valence-corrected chi connectivity index (χ2v) is 7.44. The van der Waals surface area contributed by atoms with Gasteiger partial charge in [0, 0.05) is 36.9 Å². The lowest BCUT2D eigenvalue weighted by Gasteiger charge is -2.34. The van der Waals surface area contributed by atoms with E-state index in [0.29, 0.717) is 26.2 Å². The number of hydrogen-bond acceptors (Lipinski definition) is 3. The number of hydrogen-bond donors (Lipinski definition) is 1. The van der Waals surface area contributed by atoms with Gasteiger partial charge in [-0.05, 0) is 43.2 Å². The van der Waals surface area contributed by atoms with Crippen LogP contribution in [0.25, 0.3) is 0 Å². The van der Waals surface area contributed by atoms with Crippen molar-refractivity contribution in [3.63, 3.8) is 0 Å². The van der Waals surface area contributed by atoms with Gasteiger partial charge in [-0.25, -0.2) is 4.39 Å². The largest absolute Gasteiger partial charge is 0.336 e. The van der Waals surface area contributed by atoms with Crippen molar-refractivity contribution in [2.24, 2.45) is 0 Å². The first-order valence-electron chi connectivity index (χ1n) is 9.18. The Morgan fingerprint density at radius 2 is 1.71 bits per heavy atom. The van der Waals surface area contributed by atoms with E-state index in [1.807, 2.05) is 36.9 Å². The topological polar surface area (TPSA) is 52.7 Å². The number of para-hydroxylation sites is 1. The van der Waals surface area contributed by atoms with E-state index in [1.165, 1.54) is 12.1 Å². The fourth-order valence-corrected chi connectivity index (χ4v) is 3.49. The highest BCUT2D eigenvalue weighted by Gasteiger charge is 2.25. The van der Waals surface area contributed by atoms with E-state index in [-0.39, 0.29) is 28.9 Å². The Labute approximate surface area is 169 Å². The van der Waals surface area contributed by atoms with Crippen LogP contribution in [0.5, 0.6) is 0 Å². The summed E-state index contributed by atoms with van der Waals surface area (Å²) in [5.74, 6) is -1.05. The third-order valence-corrected chi connectivity index (χ3v) is 5.17. The molecule has 0 bridgehead atoms. The molecule has 0 aliphatic carbocycles. The maximum Gasteiger partial charge on any atom is 0.256 e. The summed E-state index contributed by atoms with van der Waals surface area (Å²) in [5.41, 5.74) is 2.91. The highest BCUT2D eigenvalue weighted by Crippen LogP contribution is 2.20. The lowest BCUT2D eigenvalue weighted by atomic mass is 10.1. The fraction of sp³-hybridized carbons (Fsp3) is 0.333. The molecule has 7 heteroatoms. The van der Waals surface area contributed by atoms with Crippen molar-refractivity contribution in [2.75, 3.05) is 38.0 Å². The number of halogens is 2. The minimum atomic E-state index is -0.618. The SMILES string of the molecule is Cc1cccc(C)c1NC(=O)CN1CCN(C(=O)c2ccc(Cl)cc2F)CC1. The molecular weight excluding hydrogens is 381 g/mol. The van der Waals surface area contributed by atoms with Crippen LogP contribution in [0.15, 0.2) is 36.4 Å². The fourth-order valence-electron chi connectivity index (χ4n) is 3.34. The van der Waals surface area contributed by atoms with Gasteiger partial charge >= 0.3 is 0 Å². The molecule has 2 aromatic rings. The van der Waals surface area contributed by atoms with Crippen molar-refractivity contribution in [3.05, 3.63) is 63.9 Å². The van der Waals surface area contributed by atoms with Crippen LogP contribution in [0.3, 0.4) is 0 Å². The summed E-state index contributed by atoms with van der Waals surface area (Å²) in [6, 6.07) is 9.94. The van der Waals surface area contributed by atoms with Gasteiger partial charge in [0.25, 0.3) is 5.91 Å². The number of aryl methyl sites for hydroxylation is 2. The Hall–Kier alpha value is -2.44. The minimum Gasteiger partial charge on any atom is -0.336 e. The molecular formula is C21H23ClFN3O2. The molecule has 1 N–H and O–H groups in total. The molecule has 1 fully saturated rings. The molecule has 0 radical (unpaired) electrons. The Balaban J connectivity index is 1.54. The van der Waals surface area contributed by atoms with Crippen LogP contribution in [0.1, 0.15) is 21.5 Å². The predicted octanol–water partition coefficient (Wildman–Crippen LogP) is 3.49. The van der Waals surface area contributed by atoms with Crippen molar-refractivity contribution < 1.29 is 14.0 Å². The van der Waals surface area contributed by atoms with Gasteiger partial charge in [-0.3, -0.25) is 14.5 Å². The number of amides is 2. The number of carbonyl (C=O) groups excluding carboxylic acids is 2. The predicted molar refractivity (Wildman–Crippen MR) is 108 cm³/mol. The summed E-state index contributed by atoms with van der Waals surface area (Å²) in [4.78, 5) is 28.5. The second-order valence-electron chi connectivity index (χ2n) is 7.01. The van der Waals surface area contributed by atoms with Gasteiger partial charge in [-0.1, -0.05) is 29.8 Å². The van der Waals surface area contributed by atoms with Crippen LogP contribution in [-0.2, 0) is 4.79 Å². The van der Waals surface area contributed by atoms with Crippen LogP contribution in [-0.4, -0.2) is 54.3 Å². The number of carbonyl (C=O) groups is 2. The smallest absolute Gasteiger partial charge is 0.256 e. The maximum atomic E-state index is 14.0. The average Bonchev–Trinajstić information content (AvgIpc) is 2.65. The molecule has 0 saturated carbocycles. The first-order valence-corrected chi connectivity index (χ1v) is 9.55. The molecule has 2 amide bonds.